The topological polar surface area (TPSA) is 75.4 Å². The van der Waals surface area contributed by atoms with Gasteiger partial charge in [0, 0.05) is 26.6 Å². The molecule has 0 radical (unpaired) electrons. The Morgan fingerprint density at radius 1 is 1.71 bits per heavy atom. The molecule has 1 saturated heterocycles. The summed E-state index contributed by atoms with van der Waals surface area (Å²) in [5, 5.41) is 2.77. The molecule has 3 N–H and O–H groups in total. The Kier molecular flexibility index (Phi) is 3.88. The van der Waals surface area contributed by atoms with Crippen LogP contribution in [-0.4, -0.2) is 43.4 Å². The molecule has 14 heavy (non-hydrogen) atoms. The Hall–Kier alpha value is -1.10. The second-order valence-corrected chi connectivity index (χ2v) is 3.61. The van der Waals surface area contributed by atoms with E-state index in [1.807, 2.05) is 0 Å². The quantitative estimate of drug-likeness (QED) is 0.566. The molecule has 80 valence electrons. The van der Waals surface area contributed by atoms with Crippen molar-refractivity contribution in [2.24, 2.45) is 11.7 Å². The highest BCUT2D eigenvalue weighted by Crippen LogP contribution is 2.15. The molecular formula is C9H17N3O2. The first kappa shape index (κ1) is 11.0. The number of amides is 2. The Balaban J connectivity index is 2.28. The monoisotopic (exact) mass is 199 g/mol. The van der Waals surface area contributed by atoms with Crippen molar-refractivity contribution in [1.29, 1.82) is 0 Å². The van der Waals surface area contributed by atoms with Crippen molar-refractivity contribution in [3.63, 3.8) is 0 Å². The summed E-state index contributed by atoms with van der Waals surface area (Å²) in [5.74, 6) is -0.162. The van der Waals surface area contributed by atoms with Crippen LogP contribution < -0.4 is 11.1 Å². The van der Waals surface area contributed by atoms with Gasteiger partial charge in [0.1, 0.15) is 0 Å². The Labute approximate surface area is 83.6 Å². The van der Waals surface area contributed by atoms with Crippen LogP contribution in [-0.2, 0) is 9.59 Å². The molecular weight excluding hydrogens is 182 g/mol. The molecule has 0 saturated carbocycles. The summed E-state index contributed by atoms with van der Waals surface area (Å²) >= 11 is 0. The molecule has 0 aromatic carbocycles. The van der Waals surface area contributed by atoms with Crippen LogP contribution in [0.15, 0.2) is 0 Å². The molecule has 0 aliphatic carbocycles. The summed E-state index contributed by atoms with van der Waals surface area (Å²) in [6.45, 7) is 1.71. The second kappa shape index (κ2) is 4.95. The molecule has 0 bridgehead atoms. The minimum atomic E-state index is -0.176. The molecule has 1 heterocycles. The van der Waals surface area contributed by atoms with Crippen LogP contribution in [0.2, 0.25) is 0 Å². The molecule has 0 aromatic rings. The summed E-state index contributed by atoms with van der Waals surface area (Å²) < 4.78 is 0. The van der Waals surface area contributed by atoms with Crippen LogP contribution in [0.4, 0.5) is 0 Å². The van der Waals surface area contributed by atoms with E-state index < -0.39 is 0 Å². The minimum Gasteiger partial charge on any atom is -0.356 e. The van der Waals surface area contributed by atoms with E-state index in [4.69, 9.17) is 5.73 Å². The lowest BCUT2D eigenvalue weighted by molar-refractivity contribution is -0.128. The first-order chi connectivity index (χ1) is 6.65. The van der Waals surface area contributed by atoms with E-state index >= 15 is 0 Å². The second-order valence-electron chi connectivity index (χ2n) is 3.61. The summed E-state index contributed by atoms with van der Waals surface area (Å²) in [4.78, 5) is 24.2. The van der Waals surface area contributed by atoms with E-state index in [0.29, 0.717) is 26.1 Å². The zero-order chi connectivity index (χ0) is 10.6. The zero-order valence-corrected chi connectivity index (χ0v) is 8.45. The highest BCUT2D eigenvalue weighted by Gasteiger charge is 2.31. The maximum absolute atomic E-state index is 11.5. The van der Waals surface area contributed by atoms with Crippen molar-refractivity contribution >= 4 is 11.8 Å². The van der Waals surface area contributed by atoms with Crippen LogP contribution in [0.25, 0.3) is 0 Å². The van der Waals surface area contributed by atoms with Crippen LogP contribution in [0, 0.1) is 5.92 Å². The molecule has 1 atom stereocenters. The Morgan fingerprint density at radius 3 is 2.93 bits per heavy atom. The van der Waals surface area contributed by atoms with Crippen LogP contribution >= 0.6 is 0 Å². The van der Waals surface area contributed by atoms with Gasteiger partial charge in [0.2, 0.25) is 11.8 Å². The number of rotatable bonds is 4. The van der Waals surface area contributed by atoms with E-state index in [1.165, 1.54) is 0 Å². The van der Waals surface area contributed by atoms with Gasteiger partial charge in [-0.25, -0.2) is 0 Å². The highest BCUT2D eigenvalue weighted by molar-refractivity contribution is 5.89. The number of nitrogens with one attached hydrogen (secondary N) is 1. The third kappa shape index (κ3) is 2.70. The van der Waals surface area contributed by atoms with Gasteiger partial charge in [0.05, 0.1) is 5.92 Å². The van der Waals surface area contributed by atoms with Crippen molar-refractivity contribution < 1.29 is 9.59 Å². The van der Waals surface area contributed by atoms with E-state index in [1.54, 1.807) is 11.9 Å². The van der Waals surface area contributed by atoms with Gasteiger partial charge in [-0.15, -0.1) is 0 Å². The smallest absolute Gasteiger partial charge is 0.225 e. The van der Waals surface area contributed by atoms with Gasteiger partial charge in [-0.05, 0) is 13.0 Å². The third-order valence-electron chi connectivity index (χ3n) is 2.39. The van der Waals surface area contributed by atoms with Crippen molar-refractivity contribution in [2.75, 3.05) is 26.7 Å². The summed E-state index contributed by atoms with van der Waals surface area (Å²) in [5.41, 5.74) is 5.30. The van der Waals surface area contributed by atoms with Gasteiger partial charge in [-0.3, -0.25) is 9.59 Å². The van der Waals surface area contributed by atoms with Crippen LogP contribution in [0.1, 0.15) is 12.8 Å². The molecule has 5 nitrogen and oxygen atoms in total. The molecule has 5 heteroatoms. The average molecular weight is 199 g/mol. The first-order valence-corrected chi connectivity index (χ1v) is 4.87. The van der Waals surface area contributed by atoms with Crippen LogP contribution in [0.5, 0.6) is 0 Å². The summed E-state index contributed by atoms with van der Waals surface area (Å²) in [6.07, 6.45) is 1.12. The summed E-state index contributed by atoms with van der Waals surface area (Å²) in [7, 11) is 1.72. The molecule has 0 aromatic heterocycles. The van der Waals surface area contributed by atoms with E-state index in [9.17, 15) is 9.59 Å². The van der Waals surface area contributed by atoms with Gasteiger partial charge in [0.25, 0.3) is 0 Å². The van der Waals surface area contributed by atoms with Gasteiger partial charge >= 0.3 is 0 Å². The number of carbonyl (C=O) groups excluding carboxylic acids is 2. The van der Waals surface area contributed by atoms with Crippen molar-refractivity contribution in [1.82, 2.24) is 10.2 Å². The molecule has 1 rings (SSSR count). The Bertz CT molecular complexity index is 230. The molecule has 1 aliphatic heterocycles. The minimum absolute atomic E-state index is 0.0313. The lowest BCUT2D eigenvalue weighted by Gasteiger charge is -2.10. The number of nitrogens with two attached hydrogens (primary N) is 1. The van der Waals surface area contributed by atoms with Crippen molar-refractivity contribution in [2.45, 2.75) is 12.8 Å². The lowest BCUT2D eigenvalue weighted by atomic mass is 10.1. The first-order valence-electron chi connectivity index (χ1n) is 4.87. The largest absolute Gasteiger partial charge is 0.356 e. The number of carbonyl (C=O) groups is 2. The van der Waals surface area contributed by atoms with E-state index in [0.717, 1.165) is 6.42 Å². The fourth-order valence-electron chi connectivity index (χ4n) is 1.50. The fourth-order valence-corrected chi connectivity index (χ4v) is 1.50. The molecule has 1 fully saturated rings. The predicted molar refractivity (Wildman–Crippen MR) is 52.4 cm³/mol. The predicted octanol–water partition coefficient (Wildman–Crippen LogP) is -1.07. The molecule has 1 unspecified atom stereocenters. The van der Waals surface area contributed by atoms with E-state index in [2.05, 4.69) is 5.32 Å². The number of nitrogens with zero attached hydrogens (tertiary/aromatic N) is 1. The zero-order valence-electron chi connectivity index (χ0n) is 8.45. The maximum atomic E-state index is 11.5. The Morgan fingerprint density at radius 2 is 2.43 bits per heavy atom. The van der Waals surface area contributed by atoms with Gasteiger partial charge < -0.3 is 16.0 Å². The molecule has 2 amide bonds. The number of hydrogen-bond donors (Lipinski definition) is 2. The van der Waals surface area contributed by atoms with Gasteiger partial charge in [-0.2, -0.15) is 0 Å². The lowest BCUT2D eigenvalue weighted by Crippen LogP contribution is -2.33. The van der Waals surface area contributed by atoms with Crippen molar-refractivity contribution in [3.8, 4) is 0 Å². The molecule has 1 aliphatic rings. The van der Waals surface area contributed by atoms with Crippen molar-refractivity contribution in [3.05, 3.63) is 0 Å². The number of hydrogen-bond acceptors (Lipinski definition) is 3. The average Bonchev–Trinajstić information content (AvgIpc) is 2.47. The van der Waals surface area contributed by atoms with Gasteiger partial charge in [-0.1, -0.05) is 0 Å². The normalized spacial score (nSPS) is 21.4. The summed E-state index contributed by atoms with van der Waals surface area (Å²) in [6, 6.07) is 0. The van der Waals surface area contributed by atoms with Crippen LogP contribution in [0.3, 0.4) is 0 Å². The standard InChI is InChI=1S/C9H17N3O2/c1-12-6-7(5-8(12)13)9(14)11-4-2-3-10/h7H,2-6,10H2,1H3,(H,11,14). The van der Waals surface area contributed by atoms with E-state index in [-0.39, 0.29) is 17.7 Å². The SMILES string of the molecule is CN1CC(C(=O)NCCCN)CC1=O. The maximum Gasteiger partial charge on any atom is 0.225 e. The van der Waals surface area contributed by atoms with Gasteiger partial charge in [0.15, 0.2) is 0 Å². The fraction of sp³-hybridized carbons (Fsp3) is 0.778. The highest BCUT2D eigenvalue weighted by atomic mass is 16.2. The number of likely N-dealkylation sites (tertiary alicyclic amines) is 1. The third-order valence-corrected chi connectivity index (χ3v) is 2.39. The molecule has 0 spiro atoms.